The zero-order valence-corrected chi connectivity index (χ0v) is 12.7. The number of halogens is 2. The molecule has 2 aromatic heterocycles. The predicted octanol–water partition coefficient (Wildman–Crippen LogP) is 4.81. The Hall–Kier alpha value is -0.300. The van der Waals surface area contributed by atoms with Gasteiger partial charge in [-0.1, -0.05) is 0 Å². The van der Waals surface area contributed by atoms with Gasteiger partial charge < -0.3 is 11.5 Å². The van der Waals surface area contributed by atoms with Gasteiger partial charge in [0.2, 0.25) is 0 Å². The molecule has 0 radical (unpaired) electrons. The minimum Gasteiger partial charge on any atom is -0.397 e. The average molecular weight is 378 g/mol. The minimum atomic E-state index is 0.676. The number of anilines is 2. The van der Waals surface area contributed by atoms with E-state index in [0.717, 1.165) is 18.3 Å². The van der Waals surface area contributed by atoms with Crippen LogP contribution in [0.5, 0.6) is 0 Å². The van der Waals surface area contributed by atoms with Crippen molar-refractivity contribution in [2.45, 2.75) is 0 Å². The number of hydrogen-bond acceptors (Lipinski definition) is 4. The first-order valence-corrected chi connectivity index (χ1v) is 7.65. The van der Waals surface area contributed by atoms with E-state index in [0.29, 0.717) is 11.4 Å². The Bertz CT molecular complexity index is 653. The van der Waals surface area contributed by atoms with Crippen LogP contribution in [0.15, 0.2) is 19.7 Å². The van der Waals surface area contributed by atoms with Crippen molar-refractivity contribution in [2.75, 3.05) is 11.5 Å². The van der Waals surface area contributed by atoms with Crippen molar-refractivity contribution in [2.24, 2.45) is 0 Å². The van der Waals surface area contributed by atoms with Crippen LogP contribution >= 0.6 is 54.5 Å². The molecule has 2 nitrogen and oxygen atoms in total. The van der Waals surface area contributed by atoms with Crippen molar-refractivity contribution >= 4 is 86.1 Å². The van der Waals surface area contributed by atoms with Crippen molar-refractivity contribution in [3.63, 3.8) is 0 Å². The summed E-state index contributed by atoms with van der Waals surface area (Å²) in [5.74, 6) is 0. The van der Waals surface area contributed by atoms with Gasteiger partial charge in [-0.3, -0.25) is 0 Å². The predicted molar refractivity (Wildman–Crippen MR) is 81.4 cm³/mol. The SMILES string of the molecule is Nc1c(N)c2cc(Br)sc2c2sc(Br)cc12. The first-order valence-electron chi connectivity index (χ1n) is 4.43. The lowest BCUT2D eigenvalue weighted by atomic mass is 10.1. The van der Waals surface area contributed by atoms with Crippen LogP contribution in [0.25, 0.3) is 20.2 Å². The van der Waals surface area contributed by atoms with Gasteiger partial charge in [0.05, 0.1) is 28.3 Å². The zero-order valence-electron chi connectivity index (χ0n) is 7.88. The van der Waals surface area contributed by atoms with Crippen molar-refractivity contribution in [3.05, 3.63) is 19.7 Å². The van der Waals surface area contributed by atoms with Gasteiger partial charge in [-0.25, -0.2) is 0 Å². The molecule has 3 aromatic rings. The van der Waals surface area contributed by atoms with Crippen LogP contribution in [-0.4, -0.2) is 0 Å². The Balaban J connectivity index is 2.66. The summed E-state index contributed by atoms with van der Waals surface area (Å²) in [6.07, 6.45) is 0. The van der Waals surface area contributed by atoms with Gasteiger partial charge in [-0.15, -0.1) is 22.7 Å². The lowest BCUT2D eigenvalue weighted by Crippen LogP contribution is -1.94. The van der Waals surface area contributed by atoms with Gasteiger partial charge >= 0.3 is 0 Å². The molecule has 0 saturated heterocycles. The van der Waals surface area contributed by atoms with E-state index < -0.39 is 0 Å². The number of nitrogen functional groups attached to an aromatic ring is 2. The molecular weight excluding hydrogens is 372 g/mol. The molecule has 3 rings (SSSR count). The maximum Gasteiger partial charge on any atom is 0.0712 e. The number of thiophene rings is 2. The molecule has 0 spiro atoms. The fraction of sp³-hybridized carbons (Fsp3) is 0. The quantitative estimate of drug-likeness (QED) is 0.436. The highest BCUT2D eigenvalue weighted by molar-refractivity contribution is 9.11. The number of hydrogen-bond donors (Lipinski definition) is 2. The van der Waals surface area contributed by atoms with Crippen LogP contribution in [0.2, 0.25) is 0 Å². The van der Waals surface area contributed by atoms with Crippen molar-refractivity contribution in [1.82, 2.24) is 0 Å². The Morgan fingerprint density at radius 1 is 0.812 bits per heavy atom. The Kier molecular flexibility index (Phi) is 2.43. The molecule has 0 unspecified atom stereocenters. The van der Waals surface area contributed by atoms with Crippen LogP contribution in [0, 0.1) is 0 Å². The standard InChI is InChI=1S/C10H6Br2N2S2/c11-5-1-3-7(13)8(14)4-2-6(12)16-10(4)9(3)15-5/h1-2H,13-14H2. The third-order valence-electron chi connectivity index (χ3n) is 2.48. The van der Waals surface area contributed by atoms with Crippen LogP contribution in [0.1, 0.15) is 0 Å². The third kappa shape index (κ3) is 1.40. The lowest BCUT2D eigenvalue weighted by Gasteiger charge is -2.03. The summed E-state index contributed by atoms with van der Waals surface area (Å²) < 4.78 is 4.55. The van der Waals surface area contributed by atoms with Gasteiger partial charge in [0.15, 0.2) is 0 Å². The minimum absolute atomic E-state index is 0.676. The number of rotatable bonds is 0. The highest BCUT2D eigenvalue weighted by Gasteiger charge is 2.15. The molecule has 0 aliphatic carbocycles. The molecule has 0 atom stereocenters. The molecule has 0 aliphatic rings. The molecule has 82 valence electrons. The topological polar surface area (TPSA) is 52.0 Å². The van der Waals surface area contributed by atoms with Gasteiger partial charge in [0.1, 0.15) is 0 Å². The van der Waals surface area contributed by atoms with Gasteiger partial charge in [-0.05, 0) is 44.0 Å². The summed E-state index contributed by atoms with van der Waals surface area (Å²) in [7, 11) is 0. The second-order valence-corrected chi connectivity index (χ2v) is 8.28. The molecule has 6 heteroatoms. The third-order valence-corrected chi connectivity index (χ3v) is 5.92. The fourth-order valence-corrected chi connectivity index (χ4v) is 5.14. The van der Waals surface area contributed by atoms with E-state index in [1.54, 1.807) is 22.7 Å². The van der Waals surface area contributed by atoms with Crippen LogP contribution in [-0.2, 0) is 0 Å². The first-order chi connectivity index (χ1) is 7.58. The molecule has 1 aromatic carbocycles. The van der Waals surface area contributed by atoms with Crippen molar-refractivity contribution < 1.29 is 0 Å². The van der Waals surface area contributed by atoms with E-state index in [-0.39, 0.29) is 0 Å². The average Bonchev–Trinajstić information content (AvgIpc) is 2.78. The second kappa shape index (κ2) is 3.60. The number of nitrogens with two attached hydrogens (primary N) is 2. The first kappa shape index (κ1) is 10.8. The number of benzene rings is 1. The highest BCUT2D eigenvalue weighted by Crippen LogP contribution is 2.46. The highest BCUT2D eigenvalue weighted by atomic mass is 79.9. The normalized spacial score (nSPS) is 11.6. The van der Waals surface area contributed by atoms with E-state index in [1.807, 2.05) is 12.1 Å². The largest absolute Gasteiger partial charge is 0.397 e. The molecule has 0 fully saturated rings. The Morgan fingerprint density at radius 3 is 1.56 bits per heavy atom. The van der Waals surface area contributed by atoms with Crippen molar-refractivity contribution in [3.8, 4) is 0 Å². The molecule has 0 aliphatic heterocycles. The molecule has 0 bridgehead atoms. The van der Waals surface area contributed by atoms with Crippen molar-refractivity contribution in [1.29, 1.82) is 0 Å². The molecular formula is C10H6Br2N2S2. The summed E-state index contributed by atoms with van der Waals surface area (Å²) in [6, 6.07) is 4.05. The Morgan fingerprint density at radius 2 is 1.19 bits per heavy atom. The van der Waals surface area contributed by atoms with Gasteiger partial charge in [0, 0.05) is 10.8 Å². The molecule has 2 heterocycles. The van der Waals surface area contributed by atoms with E-state index >= 15 is 0 Å². The van der Waals surface area contributed by atoms with Crippen LogP contribution < -0.4 is 11.5 Å². The molecule has 0 amide bonds. The smallest absolute Gasteiger partial charge is 0.0712 e. The van der Waals surface area contributed by atoms with E-state index in [4.69, 9.17) is 11.5 Å². The summed E-state index contributed by atoms with van der Waals surface area (Å²) in [5.41, 5.74) is 13.5. The maximum absolute atomic E-state index is 6.06. The molecule has 4 N–H and O–H groups in total. The van der Waals surface area contributed by atoms with E-state index in [1.165, 1.54) is 9.40 Å². The summed E-state index contributed by atoms with van der Waals surface area (Å²) in [5, 5.41) is 2.08. The maximum atomic E-state index is 6.06. The fourth-order valence-electron chi connectivity index (χ4n) is 1.75. The Labute approximate surface area is 116 Å². The van der Waals surface area contributed by atoms with Gasteiger partial charge in [0.25, 0.3) is 0 Å². The second-order valence-electron chi connectivity index (χ2n) is 3.41. The van der Waals surface area contributed by atoms with Gasteiger partial charge in [-0.2, -0.15) is 0 Å². The summed E-state index contributed by atoms with van der Waals surface area (Å²) in [4.78, 5) is 0. The zero-order chi connectivity index (χ0) is 11.4. The monoisotopic (exact) mass is 376 g/mol. The number of fused-ring (bicyclic) bond motifs is 3. The molecule has 0 saturated carbocycles. The summed E-state index contributed by atoms with van der Waals surface area (Å²) >= 11 is 10.4. The van der Waals surface area contributed by atoms with E-state index in [2.05, 4.69) is 31.9 Å². The summed E-state index contributed by atoms with van der Waals surface area (Å²) in [6.45, 7) is 0. The lowest BCUT2D eigenvalue weighted by molar-refractivity contribution is 1.81. The van der Waals surface area contributed by atoms with Crippen LogP contribution in [0.3, 0.4) is 0 Å². The molecule has 16 heavy (non-hydrogen) atoms. The van der Waals surface area contributed by atoms with Crippen LogP contribution in [0.4, 0.5) is 11.4 Å². The van der Waals surface area contributed by atoms with E-state index in [9.17, 15) is 0 Å².